The normalized spacial score (nSPS) is 11.2. The van der Waals surface area contributed by atoms with Crippen LogP contribution in [0.15, 0.2) is 83.7 Å². The summed E-state index contributed by atoms with van der Waals surface area (Å²) in [6, 6.07) is 25.5. The zero-order valence-electron chi connectivity index (χ0n) is 21.5. The molecule has 0 saturated carbocycles. The van der Waals surface area contributed by atoms with Gasteiger partial charge in [-0.1, -0.05) is 54.6 Å². The highest BCUT2D eigenvalue weighted by atomic mass is 16.5. The van der Waals surface area contributed by atoms with E-state index in [0.717, 1.165) is 28.8 Å². The number of amides is 1. The Morgan fingerprint density at radius 3 is 2.39 bits per heavy atom. The van der Waals surface area contributed by atoms with Crippen LogP contribution in [0, 0.1) is 0 Å². The van der Waals surface area contributed by atoms with Gasteiger partial charge in [-0.25, -0.2) is 0 Å². The highest BCUT2D eigenvalue weighted by Gasteiger charge is 2.17. The van der Waals surface area contributed by atoms with Gasteiger partial charge >= 0.3 is 0 Å². The number of ether oxygens (including phenoxy) is 1. The summed E-state index contributed by atoms with van der Waals surface area (Å²) in [6.45, 7) is 3.63. The quantitative estimate of drug-likeness (QED) is 0.291. The highest BCUT2D eigenvalue weighted by molar-refractivity contribution is 5.80. The van der Waals surface area contributed by atoms with Crippen LogP contribution < -0.4 is 15.6 Å². The van der Waals surface area contributed by atoms with Crippen LogP contribution in [0.25, 0.3) is 16.7 Å². The van der Waals surface area contributed by atoms with Gasteiger partial charge in [-0.15, -0.1) is 10.2 Å². The van der Waals surface area contributed by atoms with Gasteiger partial charge < -0.3 is 10.1 Å². The molecule has 0 fully saturated rings. The standard InChI is InChI=1S/C30H31N5O3/c1-2-38-24-14-12-23(13-15-24)18-20-31-28(36)17-16-27-32-33-30-34(21-19-22-8-4-3-5-9-22)29(37)25-10-6-7-11-26(25)35(27)30/h3-15H,2,16-21H2,1H3,(H,31,36). The third kappa shape index (κ3) is 5.59. The Labute approximate surface area is 220 Å². The number of nitrogens with zero attached hydrogens (tertiary/aromatic N) is 4. The molecule has 0 aliphatic carbocycles. The van der Waals surface area contributed by atoms with Gasteiger partial charge in [-0.2, -0.15) is 0 Å². The van der Waals surface area contributed by atoms with Gasteiger partial charge in [0, 0.05) is 25.9 Å². The molecule has 194 valence electrons. The Bertz CT molecular complexity index is 1590. The summed E-state index contributed by atoms with van der Waals surface area (Å²) in [5.74, 6) is 1.95. The topological polar surface area (TPSA) is 90.5 Å². The molecule has 0 radical (unpaired) electrons. The summed E-state index contributed by atoms with van der Waals surface area (Å²) in [7, 11) is 0. The summed E-state index contributed by atoms with van der Waals surface area (Å²) >= 11 is 0. The first-order chi connectivity index (χ1) is 18.6. The summed E-state index contributed by atoms with van der Waals surface area (Å²) in [6.07, 6.45) is 2.14. The van der Waals surface area contributed by atoms with E-state index in [0.29, 0.717) is 49.5 Å². The van der Waals surface area contributed by atoms with Crippen LogP contribution in [0.5, 0.6) is 5.75 Å². The number of carbonyl (C=O) groups is 1. The average molecular weight is 510 g/mol. The lowest BCUT2D eigenvalue weighted by atomic mass is 10.1. The second-order valence-corrected chi connectivity index (χ2v) is 9.14. The van der Waals surface area contributed by atoms with E-state index in [4.69, 9.17) is 4.74 Å². The van der Waals surface area contributed by atoms with Crippen LogP contribution in [-0.4, -0.2) is 38.2 Å². The van der Waals surface area contributed by atoms with Gasteiger partial charge in [0.2, 0.25) is 11.7 Å². The van der Waals surface area contributed by atoms with Crippen molar-refractivity contribution in [3.8, 4) is 5.75 Å². The molecule has 0 saturated heterocycles. The van der Waals surface area contributed by atoms with E-state index in [2.05, 4.69) is 15.5 Å². The first-order valence-corrected chi connectivity index (χ1v) is 13.0. The Kier molecular flexibility index (Phi) is 7.78. The third-order valence-electron chi connectivity index (χ3n) is 6.59. The fourth-order valence-electron chi connectivity index (χ4n) is 4.64. The maximum Gasteiger partial charge on any atom is 0.262 e. The number of hydrogen-bond acceptors (Lipinski definition) is 5. The lowest BCUT2D eigenvalue weighted by molar-refractivity contribution is -0.121. The molecule has 5 aromatic rings. The van der Waals surface area contributed by atoms with Crippen molar-refractivity contribution in [2.24, 2.45) is 0 Å². The number of fused-ring (bicyclic) bond motifs is 3. The molecule has 0 atom stereocenters. The second kappa shape index (κ2) is 11.7. The van der Waals surface area contributed by atoms with Gasteiger partial charge in [0.15, 0.2) is 0 Å². The van der Waals surface area contributed by atoms with E-state index in [1.165, 1.54) is 0 Å². The predicted octanol–water partition coefficient (Wildman–Crippen LogP) is 3.98. The smallest absolute Gasteiger partial charge is 0.262 e. The first kappa shape index (κ1) is 25.2. The summed E-state index contributed by atoms with van der Waals surface area (Å²) in [5.41, 5.74) is 2.94. The van der Waals surface area contributed by atoms with Crippen LogP contribution in [0.4, 0.5) is 0 Å². The van der Waals surface area contributed by atoms with Crippen molar-refractivity contribution in [1.29, 1.82) is 0 Å². The molecule has 0 spiro atoms. The largest absolute Gasteiger partial charge is 0.494 e. The minimum atomic E-state index is -0.0880. The van der Waals surface area contributed by atoms with Crippen molar-refractivity contribution in [2.75, 3.05) is 13.2 Å². The molecule has 1 amide bonds. The molecular formula is C30H31N5O3. The van der Waals surface area contributed by atoms with Gasteiger partial charge in [0.05, 0.1) is 17.5 Å². The molecule has 0 aliphatic rings. The summed E-state index contributed by atoms with van der Waals surface area (Å²) < 4.78 is 9.07. The molecule has 2 heterocycles. The average Bonchev–Trinajstić information content (AvgIpc) is 3.37. The molecule has 1 N–H and O–H groups in total. The maximum atomic E-state index is 13.3. The second-order valence-electron chi connectivity index (χ2n) is 9.14. The van der Waals surface area contributed by atoms with E-state index in [-0.39, 0.29) is 17.9 Å². The number of nitrogens with one attached hydrogen (secondary N) is 1. The lowest BCUT2D eigenvalue weighted by Crippen LogP contribution is -2.26. The van der Waals surface area contributed by atoms with Crippen LogP contribution in [0.3, 0.4) is 0 Å². The van der Waals surface area contributed by atoms with E-state index in [1.807, 2.05) is 90.2 Å². The van der Waals surface area contributed by atoms with Gasteiger partial charge in [-0.05, 0) is 55.2 Å². The van der Waals surface area contributed by atoms with Gasteiger partial charge in [-0.3, -0.25) is 18.6 Å². The Morgan fingerprint density at radius 2 is 1.61 bits per heavy atom. The number of hydrogen-bond donors (Lipinski definition) is 1. The number of carbonyl (C=O) groups excluding carboxylic acids is 1. The predicted molar refractivity (Wildman–Crippen MR) is 148 cm³/mol. The van der Waals surface area contributed by atoms with E-state index >= 15 is 0 Å². The van der Waals surface area contributed by atoms with Crippen LogP contribution >= 0.6 is 0 Å². The molecule has 3 aromatic carbocycles. The fraction of sp³-hybridized carbons (Fsp3) is 0.267. The number of para-hydroxylation sites is 1. The number of rotatable bonds is 11. The molecule has 5 rings (SSSR count). The fourth-order valence-corrected chi connectivity index (χ4v) is 4.64. The van der Waals surface area contributed by atoms with Crippen LogP contribution in [-0.2, 0) is 30.6 Å². The van der Waals surface area contributed by atoms with E-state index < -0.39 is 0 Å². The Hall–Kier alpha value is -4.46. The summed E-state index contributed by atoms with van der Waals surface area (Å²) in [5, 5.41) is 12.4. The molecule has 0 aliphatic heterocycles. The van der Waals surface area contributed by atoms with Crippen LogP contribution in [0.2, 0.25) is 0 Å². The minimum absolute atomic E-state index is 0.0469. The monoisotopic (exact) mass is 509 g/mol. The van der Waals surface area contributed by atoms with E-state index in [1.54, 1.807) is 4.57 Å². The van der Waals surface area contributed by atoms with Crippen molar-refractivity contribution in [3.05, 3.63) is 106 Å². The van der Waals surface area contributed by atoms with Crippen molar-refractivity contribution in [3.63, 3.8) is 0 Å². The molecular weight excluding hydrogens is 478 g/mol. The van der Waals surface area contributed by atoms with Crippen LogP contribution in [0.1, 0.15) is 30.3 Å². The van der Waals surface area contributed by atoms with Crippen molar-refractivity contribution in [1.82, 2.24) is 24.5 Å². The zero-order chi connectivity index (χ0) is 26.3. The Morgan fingerprint density at radius 1 is 0.868 bits per heavy atom. The van der Waals surface area contributed by atoms with Crippen molar-refractivity contribution in [2.45, 2.75) is 39.2 Å². The number of benzene rings is 3. The van der Waals surface area contributed by atoms with Gasteiger partial charge in [0.1, 0.15) is 11.6 Å². The first-order valence-electron chi connectivity index (χ1n) is 13.0. The third-order valence-corrected chi connectivity index (χ3v) is 6.59. The maximum absolute atomic E-state index is 13.3. The highest BCUT2D eigenvalue weighted by Crippen LogP contribution is 2.16. The van der Waals surface area contributed by atoms with Crippen molar-refractivity contribution >= 4 is 22.6 Å². The van der Waals surface area contributed by atoms with Crippen molar-refractivity contribution < 1.29 is 9.53 Å². The number of aryl methyl sites for hydroxylation is 3. The molecule has 2 aromatic heterocycles. The molecule has 8 heteroatoms. The SMILES string of the molecule is CCOc1ccc(CCNC(=O)CCc2nnc3n(CCc4ccccc4)c(=O)c4ccccc4n23)cc1. The minimum Gasteiger partial charge on any atom is -0.494 e. The molecule has 8 nitrogen and oxygen atoms in total. The number of aromatic nitrogens is 4. The Balaban J connectivity index is 1.28. The van der Waals surface area contributed by atoms with Gasteiger partial charge in [0.25, 0.3) is 5.56 Å². The molecule has 38 heavy (non-hydrogen) atoms. The molecule has 0 bridgehead atoms. The zero-order valence-corrected chi connectivity index (χ0v) is 21.5. The lowest BCUT2D eigenvalue weighted by Gasteiger charge is -2.11. The summed E-state index contributed by atoms with van der Waals surface area (Å²) in [4.78, 5) is 25.9. The molecule has 0 unspecified atom stereocenters. The van der Waals surface area contributed by atoms with E-state index in [9.17, 15) is 9.59 Å².